The number of rotatable bonds is 5. The Morgan fingerprint density at radius 1 is 0.923 bits per heavy atom. The fourth-order valence-electron chi connectivity index (χ4n) is 2.97. The summed E-state index contributed by atoms with van der Waals surface area (Å²) in [7, 11) is 0. The molecule has 0 saturated heterocycles. The molecular weight excluding hydrogens is 338 g/mol. The van der Waals surface area contributed by atoms with Crippen LogP contribution in [0.2, 0.25) is 0 Å². The van der Waals surface area contributed by atoms with Crippen molar-refractivity contribution in [3.8, 4) is 17.2 Å². The maximum absolute atomic E-state index is 8.91. The molecule has 2 aromatic carbocycles. The number of thiophene rings is 1. The first-order chi connectivity index (χ1) is 12.8. The highest BCUT2D eigenvalue weighted by Gasteiger charge is 2.06. The second kappa shape index (κ2) is 7.38. The quantitative estimate of drug-likeness (QED) is 0.498. The van der Waals surface area contributed by atoms with Gasteiger partial charge in [0.25, 0.3) is 0 Å². The molecule has 2 heterocycles. The van der Waals surface area contributed by atoms with E-state index in [0.717, 1.165) is 18.7 Å². The van der Waals surface area contributed by atoms with Crippen molar-refractivity contribution >= 4 is 11.3 Å². The molecular formula is C22H17N3S. The Morgan fingerprint density at radius 2 is 1.69 bits per heavy atom. The van der Waals surface area contributed by atoms with Crippen molar-refractivity contribution in [2.45, 2.75) is 13.0 Å². The third kappa shape index (κ3) is 3.58. The van der Waals surface area contributed by atoms with Gasteiger partial charge in [-0.3, -0.25) is 0 Å². The smallest absolute Gasteiger partial charge is 0.0991 e. The van der Waals surface area contributed by atoms with Crippen molar-refractivity contribution in [1.29, 1.82) is 5.26 Å². The molecule has 3 nitrogen and oxygen atoms in total. The predicted octanol–water partition coefficient (Wildman–Crippen LogP) is 5.12. The predicted molar refractivity (Wildman–Crippen MR) is 105 cm³/mol. The van der Waals surface area contributed by atoms with Crippen LogP contribution in [0.5, 0.6) is 0 Å². The number of benzene rings is 2. The standard InChI is InChI=1S/C22H17N3S/c23-12-18-3-1-17(2-4-18)11-22-13-24-16-25(22)14-19-5-7-20(8-6-19)21-9-10-26-15-21/h1-10,13,15-16H,11,14H2. The van der Waals surface area contributed by atoms with Crippen LogP contribution < -0.4 is 0 Å². The highest BCUT2D eigenvalue weighted by Crippen LogP contribution is 2.22. The molecule has 0 amide bonds. The third-order valence-electron chi connectivity index (χ3n) is 4.43. The molecule has 4 aromatic rings. The van der Waals surface area contributed by atoms with Crippen LogP contribution in [0, 0.1) is 11.3 Å². The number of imidazole rings is 1. The molecule has 0 N–H and O–H groups in total. The first-order valence-corrected chi connectivity index (χ1v) is 9.36. The van der Waals surface area contributed by atoms with E-state index in [1.54, 1.807) is 11.3 Å². The van der Waals surface area contributed by atoms with Crippen molar-refractivity contribution in [2.24, 2.45) is 0 Å². The SMILES string of the molecule is N#Cc1ccc(Cc2cncn2Cc2ccc(-c3ccsc3)cc2)cc1. The van der Waals surface area contributed by atoms with E-state index in [-0.39, 0.29) is 0 Å². The molecule has 126 valence electrons. The van der Waals surface area contributed by atoms with Crippen molar-refractivity contribution in [3.63, 3.8) is 0 Å². The normalized spacial score (nSPS) is 10.6. The Hall–Kier alpha value is -3.16. The fraction of sp³-hybridized carbons (Fsp3) is 0.0909. The van der Waals surface area contributed by atoms with Crippen LogP contribution in [0.1, 0.15) is 22.4 Å². The number of aromatic nitrogens is 2. The average Bonchev–Trinajstić information content (AvgIpc) is 3.36. The van der Waals surface area contributed by atoms with Gasteiger partial charge in [-0.2, -0.15) is 16.6 Å². The van der Waals surface area contributed by atoms with Gasteiger partial charge >= 0.3 is 0 Å². The second-order valence-electron chi connectivity index (χ2n) is 6.21. The van der Waals surface area contributed by atoms with Crippen LogP contribution >= 0.6 is 11.3 Å². The van der Waals surface area contributed by atoms with Crippen LogP contribution in [-0.4, -0.2) is 9.55 Å². The van der Waals surface area contributed by atoms with E-state index >= 15 is 0 Å². The summed E-state index contributed by atoms with van der Waals surface area (Å²) in [5.74, 6) is 0. The van der Waals surface area contributed by atoms with E-state index in [1.807, 2.05) is 36.8 Å². The number of hydrogen-bond donors (Lipinski definition) is 0. The van der Waals surface area contributed by atoms with Crippen LogP contribution in [0.15, 0.2) is 77.9 Å². The van der Waals surface area contributed by atoms with Crippen LogP contribution in [0.3, 0.4) is 0 Å². The van der Waals surface area contributed by atoms with Gasteiger partial charge in [0, 0.05) is 24.9 Å². The molecule has 0 aliphatic heterocycles. The van der Waals surface area contributed by atoms with E-state index < -0.39 is 0 Å². The highest BCUT2D eigenvalue weighted by molar-refractivity contribution is 7.08. The van der Waals surface area contributed by atoms with Gasteiger partial charge in [-0.15, -0.1) is 0 Å². The summed E-state index contributed by atoms with van der Waals surface area (Å²) in [6.45, 7) is 0.801. The van der Waals surface area contributed by atoms with Gasteiger partial charge in [0.15, 0.2) is 0 Å². The molecule has 0 spiro atoms. The van der Waals surface area contributed by atoms with E-state index in [2.05, 4.69) is 56.7 Å². The van der Waals surface area contributed by atoms with Crippen molar-refractivity contribution < 1.29 is 0 Å². The Bertz CT molecular complexity index is 1020. The van der Waals surface area contributed by atoms with Crippen molar-refractivity contribution in [1.82, 2.24) is 9.55 Å². The van der Waals surface area contributed by atoms with Gasteiger partial charge in [0.1, 0.15) is 0 Å². The van der Waals surface area contributed by atoms with E-state index in [1.165, 1.54) is 22.3 Å². The highest BCUT2D eigenvalue weighted by atomic mass is 32.1. The van der Waals surface area contributed by atoms with Gasteiger partial charge in [-0.25, -0.2) is 4.98 Å². The Labute approximate surface area is 156 Å². The van der Waals surface area contributed by atoms with Gasteiger partial charge in [-0.05, 0) is 51.2 Å². The number of nitrogens with zero attached hydrogens (tertiary/aromatic N) is 3. The first-order valence-electron chi connectivity index (χ1n) is 8.41. The average molecular weight is 355 g/mol. The van der Waals surface area contributed by atoms with Crippen molar-refractivity contribution in [2.75, 3.05) is 0 Å². The summed E-state index contributed by atoms with van der Waals surface area (Å²) < 4.78 is 2.18. The van der Waals surface area contributed by atoms with E-state index in [4.69, 9.17) is 5.26 Å². The number of nitriles is 1. The minimum atomic E-state index is 0.688. The molecule has 0 aliphatic carbocycles. The van der Waals surface area contributed by atoms with E-state index in [9.17, 15) is 0 Å². The maximum atomic E-state index is 8.91. The van der Waals surface area contributed by atoms with Gasteiger partial charge < -0.3 is 4.57 Å². The summed E-state index contributed by atoms with van der Waals surface area (Å²) in [5, 5.41) is 13.2. The zero-order chi connectivity index (χ0) is 17.8. The zero-order valence-electron chi connectivity index (χ0n) is 14.2. The second-order valence-corrected chi connectivity index (χ2v) is 6.99. The molecule has 0 fully saturated rings. The molecule has 0 bridgehead atoms. The minimum Gasteiger partial charge on any atom is -0.330 e. The van der Waals surface area contributed by atoms with Gasteiger partial charge in [0.05, 0.1) is 18.0 Å². The molecule has 0 atom stereocenters. The monoisotopic (exact) mass is 355 g/mol. The van der Waals surface area contributed by atoms with E-state index in [0.29, 0.717) is 5.56 Å². The summed E-state index contributed by atoms with van der Waals surface area (Å²) >= 11 is 1.72. The minimum absolute atomic E-state index is 0.688. The Balaban J connectivity index is 1.49. The van der Waals surface area contributed by atoms with Crippen molar-refractivity contribution in [3.05, 3.63) is 100 Å². The number of hydrogen-bond acceptors (Lipinski definition) is 3. The lowest BCUT2D eigenvalue weighted by atomic mass is 10.1. The first kappa shape index (κ1) is 16.3. The lowest BCUT2D eigenvalue weighted by molar-refractivity contribution is 0.753. The Kier molecular flexibility index (Phi) is 4.63. The lowest BCUT2D eigenvalue weighted by Gasteiger charge is -2.09. The molecule has 0 unspecified atom stereocenters. The lowest BCUT2D eigenvalue weighted by Crippen LogP contribution is -2.04. The largest absolute Gasteiger partial charge is 0.330 e. The molecule has 2 aromatic heterocycles. The summed E-state index contributed by atoms with van der Waals surface area (Å²) in [6.07, 6.45) is 4.60. The molecule has 0 saturated carbocycles. The molecule has 4 rings (SSSR count). The van der Waals surface area contributed by atoms with Crippen LogP contribution in [-0.2, 0) is 13.0 Å². The fourth-order valence-corrected chi connectivity index (χ4v) is 3.64. The summed E-state index contributed by atoms with van der Waals surface area (Å²) in [4.78, 5) is 4.32. The topological polar surface area (TPSA) is 41.6 Å². The maximum Gasteiger partial charge on any atom is 0.0991 e. The van der Waals surface area contributed by atoms with Crippen LogP contribution in [0.4, 0.5) is 0 Å². The zero-order valence-corrected chi connectivity index (χ0v) is 15.0. The molecule has 0 aliphatic rings. The van der Waals surface area contributed by atoms with Crippen LogP contribution in [0.25, 0.3) is 11.1 Å². The van der Waals surface area contributed by atoms with Gasteiger partial charge in [-0.1, -0.05) is 36.4 Å². The molecule has 0 radical (unpaired) electrons. The summed E-state index contributed by atoms with van der Waals surface area (Å²) in [5.41, 5.74) is 6.80. The molecule has 26 heavy (non-hydrogen) atoms. The third-order valence-corrected chi connectivity index (χ3v) is 5.11. The molecule has 4 heteroatoms. The Morgan fingerprint density at radius 3 is 2.38 bits per heavy atom. The van der Waals surface area contributed by atoms with Gasteiger partial charge in [0.2, 0.25) is 0 Å². The summed E-state index contributed by atoms with van der Waals surface area (Å²) in [6, 6.07) is 20.7.